The van der Waals surface area contributed by atoms with Gasteiger partial charge in [-0.05, 0) is 66.4 Å². The summed E-state index contributed by atoms with van der Waals surface area (Å²) in [5.74, 6) is 1.70. The molecule has 5 aromatic rings. The van der Waals surface area contributed by atoms with Crippen molar-refractivity contribution >= 4 is 22.4 Å². The maximum absolute atomic E-state index is 13.7. The third-order valence-electron chi connectivity index (χ3n) is 8.07. The lowest BCUT2D eigenvalue weighted by Gasteiger charge is -2.36. The Balaban J connectivity index is 1.15. The van der Waals surface area contributed by atoms with Crippen LogP contribution in [-0.4, -0.2) is 53.1 Å². The molecule has 0 spiro atoms. The van der Waals surface area contributed by atoms with Gasteiger partial charge in [0.25, 0.3) is 5.91 Å². The number of nitrogens with zero attached hydrogens (tertiary/aromatic N) is 4. The van der Waals surface area contributed by atoms with Gasteiger partial charge in [0.2, 0.25) is 0 Å². The second-order valence-electron chi connectivity index (χ2n) is 10.7. The van der Waals surface area contributed by atoms with Gasteiger partial charge in [-0.2, -0.15) is 0 Å². The Morgan fingerprint density at radius 2 is 1.60 bits per heavy atom. The van der Waals surface area contributed by atoms with E-state index in [2.05, 4.69) is 95.3 Å². The molecule has 1 fully saturated rings. The smallest absolute Gasteiger partial charge is 0.274 e. The van der Waals surface area contributed by atoms with Crippen molar-refractivity contribution in [2.45, 2.75) is 19.8 Å². The standard InChI is InChI=1S/C34H32N4O2/c1-24-8-10-26(11-9-24)33-35-31(23-38(33)30-14-15-32-28(22-30)7-4-20-40-32)34(39)37-18-16-36(17-19-37)29-13-12-25-5-2-3-6-27(25)21-29/h2-3,5-6,8-15,21-23H,4,7,16-20H2,1H3. The summed E-state index contributed by atoms with van der Waals surface area (Å²) in [5, 5.41) is 2.48. The highest BCUT2D eigenvalue weighted by Gasteiger charge is 2.26. The van der Waals surface area contributed by atoms with Crippen molar-refractivity contribution in [3.8, 4) is 22.8 Å². The molecule has 0 N–H and O–H groups in total. The van der Waals surface area contributed by atoms with Crippen LogP contribution in [0, 0.1) is 6.92 Å². The first-order valence-electron chi connectivity index (χ1n) is 14.1. The molecule has 0 atom stereocenters. The molecule has 200 valence electrons. The molecular weight excluding hydrogens is 496 g/mol. The SMILES string of the molecule is Cc1ccc(-c2nc(C(=O)N3CCN(c4ccc5ccccc5c4)CC3)cn2-c2ccc3c(c2)CCCO3)cc1. The number of rotatable bonds is 4. The Morgan fingerprint density at radius 1 is 0.825 bits per heavy atom. The zero-order valence-electron chi connectivity index (χ0n) is 22.7. The maximum Gasteiger partial charge on any atom is 0.274 e. The monoisotopic (exact) mass is 528 g/mol. The van der Waals surface area contributed by atoms with E-state index in [0.717, 1.165) is 55.4 Å². The molecule has 2 aliphatic heterocycles. The zero-order chi connectivity index (χ0) is 27.1. The number of hydrogen-bond acceptors (Lipinski definition) is 4. The number of carbonyl (C=O) groups is 1. The lowest BCUT2D eigenvalue weighted by Crippen LogP contribution is -2.48. The van der Waals surface area contributed by atoms with Gasteiger partial charge in [0, 0.05) is 49.3 Å². The first kappa shape index (κ1) is 24.5. The third-order valence-corrected chi connectivity index (χ3v) is 8.07. The summed E-state index contributed by atoms with van der Waals surface area (Å²) in [6.45, 7) is 5.75. The van der Waals surface area contributed by atoms with E-state index in [4.69, 9.17) is 9.72 Å². The molecule has 1 aromatic heterocycles. The van der Waals surface area contributed by atoms with Crippen LogP contribution in [0.25, 0.3) is 27.8 Å². The van der Waals surface area contributed by atoms with Crippen LogP contribution in [0.5, 0.6) is 5.75 Å². The minimum Gasteiger partial charge on any atom is -0.493 e. The van der Waals surface area contributed by atoms with Crippen molar-refractivity contribution in [3.63, 3.8) is 0 Å². The van der Waals surface area contributed by atoms with E-state index >= 15 is 0 Å². The molecule has 0 radical (unpaired) electrons. The number of ether oxygens (including phenoxy) is 1. The topological polar surface area (TPSA) is 50.6 Å². The molecule has 0 saturated carbocycles. The minimum atomic E-state index is -0.0217. The van der Waals surface area contributed by atoms with Gasteiger partial charge >= 0.3 is 0 Å². The summed E-state index contributed by atoms with van der Waals surface area (Å²) in [7, 11) is 0. The Labute approximate surface area is 234 Å². The number of carbonyl (C=O) groups excluding carboxylic acids is 1. The number of aryl methyl sites for hydroxylation is 2. The molecule has 6 nitrogen and oxygen atoms in total. The average Bonchev–Trinajstić information content (AvgIpc) is 3.46. The first-order valence-corrected chi connectivity index (χ1v) is 14.1. The Bertz CT molecular complexity index is 1700. The number of aromatic nitrogens is 2. The fraction of sp³-hybridized carbons (Fsp3) is 0.235. The van der Waals surface area contributed by atoms with Crippen molar-refractivity contribution < 1.29 is 9.53 Å². The van der Waals surface area contributed by atoms with E-state index in [1.54, 1.807) is 0 Å². The quantitative estimate of drug-likeness (QED) is 0.275. The molecule has 4 aromatic carbocycles. The molecule has 0 aliphatic carbocycles. The largest absolute Gasteiger partial charge is 0.493 e. The van der Waals surface area contributed by atoms with Crippen LogP contribution in [0.2, 0.25) is 0 Å². The molecule has 40 heavy (non-hydrogen) atoms. The van der Waals surface area contributed by atoms with Gasteiger partial charge in [-0.1, -0.05) is 60.2 Å². The highest BCUT2D eigenvalue weighted by atomic mass is 16.5. The van der Waals surface area contributed by atoms with Gasteiger partial charge in [-0.15, -0.1) is 0 Å². The Morgan fingerprint density at radius 3 is 2.42 bits per heavy atom. The van der Waals surface area contributed by atoms with Crippen molar-refractivity contribution in [3.05, 3.63) is 108 Å². The summed E-state index contributed by atoms with van der Waals surface area (Å²) in [5.41, 5.74) is 6.04. The molecule has 0 unspecified atom stereocenters. The number of anilines is 1. The second-order valence-corrected chi connectivity index (χ2v) is 10.7. The number of hydrogen-bond donors (Lipinski definition) is 0. The highest BCUT2D eigenvalue weighted by molar-refractivity contribution is 5.93. The van der Waals surface area contributed by atoms with Gasteiger partial charge in [-0.3, -0.25) is 9.36 Å². The van der Waals surface area contributed by atoms with E-state index in [0.29, 0.717) is 18.8 Å². The van der Waals surface area contributed by atoms with Crippen molar-refractivity contribution in [2.75, 3.05) is 37.7 Å². The van der Waals surface area contributed by atoms with E-state index in [1.807, 2.05) is 17.2 Å². The lowest BCUT2D eigenvalue weighted by atomic mass is 10.1. The van der Waals surface area contributed by atoms with Crippen LogP contribution in [0.1, 0.15) is 28.0 Å². The molecule has 2 aliphatic rings. The van der Waals surface area contributed by atoms with E-state index in [9.17, 15) is 4.79 Å². The summed E-state index contributed by atoms with van der Waals surface area (Å²) < 4.78 is 7.89. The average molecular weight is 529 g/mol. The number of imidazole rings is 1. The highest BCUT2D eigenvalue weighted by Crippen LogP contribution is 2.30. The van der Waals surface area contributed by atoms with Gasteiger partial charge in [-0.25, -0.2) is 4.98 Å². The van der Waals surface area contributed by atoms with Crippen LogP contribution < -0.4 is 9.64 Å². The van der Waals surface area contributed by atoms with Crippen molar-refractivity contribution in [1.29, 1.82) is 0 Å². The van der Waals surface area contributed by atoms with Crippen LogP contribution >= 0.6 is 0 Å². The van der Waals surface area contributed by atoms with Crippen LogP contribution in [-0.2, 0) is 6.42 Å². The fourth-order valence-electron chi connectivity index (χ4n) is 5.79. The molecule has 6 heteroatoms. The normalized spacial score (nSPS) is 15.1. The molecule has 3 heterocycles. The van der Waals surface area contributed by atoms with Crippen molar-refractivity contribution in [1.82, 2.24) is 14.5 Å². The van der Waals surface area contributed by atoms with Crippen LogP contribution in [0.3, 0.4) is 0 Å². The van der Waals surface area contributed by atoms with Gasteiger partial charge in [0.1, 0.15) is 17.3 Å². The number of amides is 1. The third kappa shape index (κ3) is 4.60. The molecular formula is C34H32N4O2. The van der Waals surface area contributed by atoms with E-state index in [1.165, 1.54) is 27.6 Å². The summed E-state index contributed by atoms with van der Waals surface area (Å²) in [6, 6.07) is 29.6. The van der Waals surface area contributed by atoms with Gasteiger partial charge < -0.3 is 14.5 Å². The summed E-state index contributed by atoms with van der Waals surface area (Å²) in [4.78, 5) is 23.0. The predicted octanol–water partition coefficient (Wildman–Crippen LogP) is 6.29. The predicted molar refractivity (Wildman–Crippen MR) is 160 cm³/mol. The van der Waals surface area contributed by atoms with Gasteiger partial charge in [0.05, 0.1) is 6.61 Å². The summed E-state index contributed by atoms with van der Waals surface area (Å²) in [6.07, 6.45) is 3.91. The van der Waals surface area contributed by atoms with Gasteiger partial charge in [0.15, 0.2) is 0 Å². The Kier molecular flexibility index (Phi) is 6.23. The van der Waals surface area contributed by atoms with Crippen LogP contribution in [0.15, 0.2) is 91.1 Å². The first-order chi connectivity index (χ1) is 19.6. The zero-order valence-corrected chi connectivity index (χ0v) is 22.7. The van der Waals surface area contributed by atoms with E-state index in [-0.39, 0.29) is 5.91 Å². The maximum atomic E-state index is 13.7. The fourth-order valence-corrected chi connectivity index (χ4v) is 5.79. The molecule has 1 amide bonds. The lowest BCUT2D eigenvalue weighted by molar-refractivity contribution is 0.0741. The Hall–Kier alpha value is -4.58. The number of fused-ring (bicyclic) bond motifs is 2. The molecule has 0 bridgehead atoms. The van der Waals surface area contributed by atoms with E-state index < -0.39 is 0 Å². The van der Waals surface area contributed by atoms with Crippen LogP contribution in [0.4, 0.5) is 5.69 Å². The second kappa shape index (κ2) is 10.2. The summed E-state index contributed by atoms with van der Waals surface area (Å²) >= 11 is 0. The molecule has 7 rings (SSSR count). The number of piperazine rings is 1. The molecule has 1 saturated heterocycles. The minimum absolute atomic E-state index is 0.0217. The number of benzene rings is 4. The van der Waals surface area contributed by atoms with Crippen molar-refractivity contribution in [2.24, 2.45) is 0 Å².